The number of hydrogen-bond acceptors (Lipinski definition) is 4. The molecule has 1 heterocycles. The molecule has 2 aromatic carbocycles. The van der Waals surface area contributed by atoms with Gasteiger partial charge in [-0.1, -0.05) is 42.5 Å². The monoisotopic (exact) mass is 303 g/mol. The zero-order chi connectivity index (χ0) is 16.1. The molecule has 3 rings (SSSR count). The molecular formula is C17H13N5O. The molecule has 0 aliphatic heterocycles. The topological polar surface area (TPSA) is 83.6 Å². The van der Waals surface area contributed by atoms with Crippen molar-refractivity contribution in [1.29, 1.82) is 5.26 Å². The predicted octanol–water partition coefficient (Wildman–Crippen LogP) is 2.46. The molecular weight excluding hydrogens is 290 g/mol. The van der Waals surface area contributed by atoms with Gasteiger partial charge in [-0.05, 0) is 23.3 Å². The minimum absolute atomic E-state index is 0.00904. The molecule has 0 spiro atoms. The lowest BCUT2D eigenvalue weighted by atomic mass is 10.1. The third-order valence-corrected chi connectivity index (χ3v) is 3.22. The lowest BCUT2D eigenvalue weighted by Gasteiger charge is -2.07. The molecule has 0 radical (unpaired) electrons. The van der Waals surface area contributed by atoms with E-state index < -0.39 is 0 Å². The van der Waals surface area contributed by atoms with Crippen molar-refractivity contribution >= 4 is 11.6 Å². The average molecular weight is 303 g/mol. The van der Waals surface area contributed by atoms with E-state index in [1.807, 2.05) is 60.7 Å². The highest BCUT2D eigenvalue weighted by Gasteiger charge is 2.06. The molecule has 1 amide bonds. The predicted molar refractivity (Wildman–Crippen MR) is 85.2 cm³/mol. The maximum Gasteiger partial charge on any atom is 0.252 e. The highest BCUT2D eigenvalue weighted by atomic mass is 16.2. The number of nitrogens with zero attached hydrogens (tertiary/aromatic N) is 4. The van der Waals surface area contributed by atoms with Crippen LogP contribution >= 0.6 is 0 Å². The highest BCUT2D eigenvalue weighted by molar-refractivity contribution is 5.90. The molecule has 1 N–H and O–H groups in total. The van der Waals surface area contributed by atoms with Crippen molar-refractivity contribution in [2.24, 2.45) is 0 Å². The van der Waals surface area contributed by atoms with Crippen LogP contribution in [-0.4, -0.2) is 20.7 Å². The fraction of sp³-hybridized carbons (Fsp3) is 0.0588. The summed E-state index contributed by atoms with van der Waals surface area (Å²) >= 11 is 0. The minimum atomic E-state index is -0.230. The first-order valence-corrected chi connectivity index (χ1v) is 6.99. The lowest BCUT2D eigenvalue weighted by molar-refractivity contribution is -0.116. The number of rotatable bonds is 4. The summed E-state index contributed by atoms with van der Waals surface area (Å²) in [4.78, 5) is 15.7. The number of nitriles is 1. The van der Waals surface area contributed by atoms with E-state index in [2.05, 4.69) is 15.4 Å². The fourth-order valence-corrected chi connectivity index (χ4v) is 2.15. The van der Waals surface area contributed by atoms with Crippen LogP contribution in [0.4, 0.5) is 5.69 Å². The smallest absolute Gasteiger partial charge is 0.252 e. The van der Waals surface area contributed by atoms with Gasteiger partial charge in [-0.3, -0.25) is 4.79 Å². The van der Waals surface area contributed by atoms with Crippen LogP contribution in [0.3, 0.4) is 0 Å². The molecule has 112 valence electrons. The Morgan fingerprint density at radius 2 is 1.78 bits per heavy atom. The maximum atomic E-state index is 12.0. The Bertz CT molecular complexity index is 847. The zero-order valence-electron chi connectivity index (χ0n) is 12.2. The second-order valence-corrected chi connectivity index (χ2v) is 4.87. The number of anilines is 1. The van der Waals surface area contributed by atoms with E-state index in [4.69, 9.17) is 5.26 Å². The third kappa shape index (κ3) is 3.60. The summed E-state index contributed by atoms with van der Waals surface area (Å²) in [6.07, 6.45) is 1.36. The van der Waals surface area contributed by atoms with Gasteiger partial charge in [0.05, 0.1) is 0 Å². The van der Waals surface area contributed by atoms with E-state index in [0.717, 1.165) is 11.1 Å². The van der Waals surface area contributed by atoms with Crippen molar-refractivity contribution in [1.82, 2.24) is 14.8 Å². The molecule has 23 heavy (non-hydrogen) atoms. The summed E-state index contributed by atoms with van der Waals surface area (Å²) in [6, 6.07) is 19.4. The van der Waals surface area contributed by atoms with Crippen LogP contribution < -0.4 is 5.32 Å². The van der Waals surface area contributed by atoms with Crippen LogP contribution in [-0.2, 0) is 11.3 Å². The quantitative estimate of drug-likeness (QED) is 0.802. The van der Waals surface area contributed by atoms with Crippen molar-refractivity contribution in [3.63, 3.8) is 0 Å². The van der Waals surface area contributed by atoms with Gasteiger partial charge in [0.15, 0.2) is 0 Å². The first-order chi connectivity index (χ1) is 11.2. The van der Waals surface area contributed by atoms with Gasteiger partial charge in [0, 0.05) is 5.69 Å². The zero-order valence-corrected chi connectivity index (χ0v) is 12.2. The van der Waals surface area contributed by atoms with Crippen molar-refractivity contribution in [3.05, 3.63) is 66.7 Å². The summed E-state index contributed by atoms with van der Waals surface area (Å²) in [5, 5.41) is 15.3. The van der Waals surface area contributed by atoms with Gasteiger partial charge in [0.2, 0.25) is 5.91 Å². The molecule has 0 unspecified atom stereocenters. The Hall–Kier alpha value is -3.46. The van der Waals surface area contributed by atoms with Crippen LogP contribution in [0.1, 0.15) is 5.82 Å². The van der Waals surface area contributed by atoms with Gasteiger partial charge in [0.25, 0.3) is 5.82 Å². The van der Waals surface area contributed by atoms with Gasteiger partial charge in [-0.15, -0.1) is 5.10 Å². The first-order valence-electron chi connectivity index (χ1n) is 6.99. The van der Waals surface area contributed by atoms with Crippen LogP contribution in [0.25, 0.3) is 11.1 Å². The molecule has 0 aliphatic carbocycles. The van der Waals surface area contributed by atoms with E-state index in [9.17, 15) is 4.79 Å². The Labute approximate surface area is 133 Å². The Morgan fingerprint density at radius 1 is 1.09 bits per heavy atom. The summed E-state index contributed by atoms with van der Waals surface area (Å²) in [5.41, 5.74) is 2.91. The van der Waals surface area contributed by atoms with E-state index in [-0.39, 0.29) is 18.3 Å². The van der Waals surface area contributed by atoms with Gasteiger partial charge in [-0.25, -0.2) is 9.67 Å². The van der Waals surface area contributed by atoms with Crippen molar-refractivity contribution < 1.29 is 4.79 Å². The van der Waals surface area contributed by atoms with Crippen LogP contribution in [0, 0.1) is 11.3 Å². The number of nitrogens with one attached hydrogen (secondary N) is 1. The molecule has 0 saturated heterocycles. The number of carbonyl (C=O) groups is 1. The summed E-state index contributed by atoms with van der Waals surface area (Å²) < 4.78 is 1.33. The molecule has 0 atom stereocenters. The molecule has 1 aromatic heterocycles. The second kappa shape index (κ2) is 6.54. The summed E-state index contributed by atoms with van der Waals surface area (Å²) in [7, 11) is 0. The molecule has 6 nitrogen and oxygen atoms in total. The Kier molecular flexibility index (Phi) is 4.11. The molecule has 3 aromatic rings. The van der Waals surface area contributed by atoms with Gasteiger partial charge >= 0.3 is 0 Å². The van der Waals surface area contributed by atoms with E-state index in [1.54, 1.807) is 0 Å². The molecule has 6 heteroatoms. The standard InChI is InChI=1S/C17H13N5O/c18-10-16-19-12-22(21-16)11-17(23)20-15-8-6-14(7-9-15)13-4-2-1-3-5-13/h1-9,12H,11H2,(H,20,23). The number of carbonyl (C=O) groups excluding carboxylic acids is 1. The first kappa shape index (κ1) is 14.5. The van der Waals surface area contributed by atoms with Crippen LogP contribution in [0.2, 0.25) is 0 Å². The average Bonchev–Trinajstić information content (AvgIpc) is 3.04. The molecule has 0 saturated carbocycles. The number of hydrogen-bond donors (Lipinski definition) is 1. The highest BCUT2D eigenvalue weighted by Crippen LogP contribution is 2.20. The van der Waals surface area contributed by atoms with Crippen molar-refractivity contribution in [2.45, 2.75) is 6.54 Å². The largest absolute Gasteiger partial charge is 0.324 e. The second-order valence-electron chi connectivity index (χ2n) is 4.87. The number of aromatic nitrogens is 3. The van der Waals surface area contributed by atoms with E-state index in [1.165, 1.54) is 11.0 Å². The Morgan fingerprint density at radius 3 is 2.43 bits per heavy atom. The SMILES string of the molecule is N#Cc1ncn(CC(=O)Nc2ccc(-c3ccccc3)cc2)n1. The molecule has 0 fully saturated rings. The maximum absolute atomic E-state index is 12.0. The number of benzene rings is 2. The number of amides is 1. The van der Waals surface area contributed by atoms with Crippen molar-refractivity contribution in [2.75, 3.05) is 5.32 Å². The normalized spacial score (nSPS) is 10.0. The summed E-state index contributed by atoms with van der Waals surface area (Å²) in [6.45, 7) is 0.00904. The van der Waals surface area contributed by atoms with Crippen LogP contribution in [0.15, 0.2) is 60.9 Å². The molecule has 0 aliphatic rings. The van der Waals surface area contributed by atoms with Gasteiger partial charge in [0.1, 0.15) is 18.9 Å². The third-order valence-electron chi connectivity index (χ3n) is 3.22. The minimum Gasteiger partial charge on any atom is -0.324 e. The van der Waals surface area contributed by atoms with Gasteiger partial charge in [-0.2, -0.15) is 5.26 Å². The summed E-state index contributed by atoms with van der Waals surface area (Å²) in [5.74, 6) is -0.183. The van der Waals surface area contributed by atoms with E-state index in [0.29, 0.717) is 5.69 Å². The van der Waals surface area contributed by atoms with Crippen molar-refractivity contribution in [3.8, 4) is 17.2 Å². The lowest BCUT2D eigenvalue weighted by Crippen LogP contribution is -2.19. The van der Waals surface area contributed by atoms with Crippen LogP contribution in [0.5, 0.6) is 0 Å². The van der Waals surface area contributed by atoms with Gasteiger partial charge < -0.3 is 5.32 Å². The van der Waals surface area contributed by atoms with E-state index >= 15 is 0 Å². The fourth-order valence-electron chi connectivity index (χ4n) is 2.15. The Balaban J connectivity index is 1.64. The molecule has 0 bridgehead atoms.